The number of anilines is 1. The molecule has 0 radical (unpaired) electrons. The molecule has 2 unspecified atom stereocenters. The van der Waals surface area contributed by atoms with Gasteiger partial charge in [0.15, 0.2) is 0 Å². The van der Waals surface area contributed by atoms with Gasteiger partial charge in [0, 0.05) is 11.3 Å². The van der Waals surface area contributed by atoms with E-state index in [4.69, 9.17) is 5.26 Å². The summed E-state index contributed by atoms with van der Waals surface area (Å²) in [4.78, 5) is 0. The van der Waals surface area contributed by atoms with Crippen LogP contribution in [0.15, 0.2) is 18.2 Å². The standard InChI is InChI=1S/C13H15FN2S/c1-9-12(3-2-6-17-9)16-13-5-4-11(14)7-10(13)8-15/h4-5,7,9,12,16H,2-3,6H2,1H3. The van der Waals surface area contributed by atoms with Crippen LogP contribution in [0.4, 0.5) is 10.1 Å². The molecule has 0 aliphatic carbocycles. The Kier molecular flexibility index (Phi) is 3.90. The quantitative estimate of drug-likeness (QED) is 0.874. The number of nitrogens with one attached hydrogen (secondary N) is 1. The zero-order valence-electron chi connectivity index (χ0n) is 9.74. The van der Waals surface area contributed by atoms with E-state index in [2.05, 4.69) is 12.2 Å². The molecule has 1 aromatic rings. The fourth-order valence-corrected chi connectivity index (χ4v) is 3.19. The molecule has 1 saturated heterocycles. The number of nitriles is 1. The summed E-state index contributed by atoms with van der Waals surface area (Å²) < 4.78 is 13.0. The number of rotatable bonds is 2. The van der Waals surface area contributed by atoms with Crippen molar-refractivity contribution in [3.8, 4) is 6.07 Å². The number of benzene rings is 1. The summed E-state index contributed by atoms with van der Waals surface area (Å²) in [6, 6.07) is 6.72. The van der Waals surface area contributed by atoms with Crippen LogP contribution in [-0.4, -0.2) is 17.0 Å². The van der Waals surface area contributed by atoms with E-state index in [1.54, 1.807) is 6.07 Å². The smallest absolute Gasteiger partial charge is 0.124 e. The Balaban J connectivity index is 2.15. The maximum atomic E-state index is 13.0. The van der Waals surface area contributed by atoms with E-state index in [9.17, 15) is 4.39 Å². The van der Waals surface area contributed by atoms with Crippen LogP contribution in [0.3, 0.4) is 0 Å². The minimum absolute atomic E-state index is 0.363. The second kappa shape index (κ2) is 5.42. The molecule has 1 aliphatic rings. The first kappa shape index (κ1) is 12.3. The van der Waals surface area contributed by atoms with Crippen LogP contribution in [0.1, 0.15) is 25.3 Å². The first-order chi connectivity index (χ1) is 8.20. The molecule has 0 aromatic heterocycles. The zero-order valence-corrected chi connectivity index (χ0v) is 10.6. The van der Waals surface area contributed by atoms with Crippen molar-refractivity contribution in [2.45, 2.75) is 31.1 Å². The highest BCUT2D eigenvalue weighted by Gasteiger charge is 2.22. The predicted octanol–water partition coefficient (Wildman–Crippen LogP) is 3.39. The van der Waals surface area contributed by atoms with Gasteiger partial charge in [-0.1, -0.05) is 6.92 Å². The van der Waals surface area contributed by atoms with Gasteiger partial charge in [0.25, 0.3) is 0 Å². The van der Waals surface area contributed by atoms with Crippen LogP contribution in [0.25, 0.3) is 0 Å². The van der Waals surface area contributed by atoms with E-state index < -0.39 is 0 Å². The molecule has 0 amide bonds. The summed E-state index contributed by atoms with van der Waals surface area (Å²) in [5.41, 5.74) is 1.13. The van der Waals surface area contributed by atoms with Gasteiger partial charge in [-0.3, -0.25) is 0 Å². The van der Waals surface area contributed by atoms with Crippen molar-refractivity contribution in [3.05, 3.63) is 29.6 Å². The maximum absolute atomic E-state index is 13.0. The molecule has 4 heteroatoms. The number of hydrogen-bond acceptors (Lipinski definition) is 3. The van der Waals surface area contributed by atoms with Crippen molar-refractivity contribution in [3.63, 3.8) is 0 Å². The molecular formula is C13H15FN2S. The summed E-state index contributed by atoms with van der Waals surface area (Å²) in [6.45, 7) is 2.19. The van der Waals surface area contributed by atoms with Crippen molar-refractivity contribution in [2.24, 2.45) is 0 Å². The topological polar surface area (TPSA) is 35.8 Å². The van der Waals surface area contributed by atoms with Crippen LogP contribution in [0.5, 0.6) is 0 Å². The molecule has 1 fully saturated rings. The average molecular weight is 250 g/mol. The summed E-state index contributed by atoms with van der Waals surface area (Å²) in [7, 11) is 0. The Morgan fingerprint density at radius 3 is 3.06 bits per heavy atom. The van der Waals surface area contributed by atoms with Gasteiger partial charge in [-0.25, -0.2) is 4.39 Å². The normalized spacial score (nSPS) is 24.1. The lowest BCUT2D eigenvalue weighted by molar-refractivity contribution is 0.614. The lowest BCUT2D eigenvalue weighted by Gasteiger charge is -2.30. The van der Waals surface area contributed by atoms with Gasteiger partial charge in [-0.05, 0) is 36.8 Å². The Morgan fingerprint density at radius 2 is 2.35 bits per heavy atom. The van der Waals surface area contributed by atoms with Crippen LogP contribution in [0, 0.1) is 17.1 Å². The number of thioether (sulfide) groups is 1. The van der Waals surface area contributed by atoms with E-state index in [1.807, 2.05) is 17.8 Å². The van der Waals surface area contributed by atoms with Crippen LogP contribution >= 0.6 is 11.8 Å². The fourth-order valence-electron chi connectivity index (χ4n) is 2.05. The summed E-state index contributed by atoms with van der Waals surface area (Å²) in [5.74, 6) is 0.839. The van der Waals surface area contributed by atoms with Crippen LogP contribution in [-0.2, 0) is 0 Å². The van der Waals surface area contributed by atoms with Gasteiger partial charge < -0.3 is 5.32 Å². The lowest BCUT2D eigenvalue weighted by atomic mass is 10.1. The Bertz CT molecular complexity index is 442. The molecule has 1 N–H and O–H groups in total. The van der Waals surface area contributed by atoms with E-state index in [0.29, 0.717) is 16.9 Å². The first-order valence-corrected chi connectivity index (χ1v) is 6.83. The monoisotopic (exact) mass is 250 g/mol. The highest BCUT2D eigenvalue weighted by molar-refractivity contribution is 8.00. The lowest BCUT2D eigenvalue weighted by Crippen LogP contribution is -2.33. The molecule has 2 rings (SSSR count). The maximum Gasteiger partial charge on any atom is 0.124 e. The highest BCUT2D eigenvalue weighted by Crippen LogP contribution is 2.28. The Morgan fingerprint density at radius 1 is 1.53 bits per heavy atom. The van der Waals surface area contributed by atoms with E-state index in [1.165, 1.54) is 24.3 Å². The third-order valence-corrected chi connectivity index (χ3v) is 4.43. The van der Waals surface area contributed by atoms with Crippen molar-refractivity contribution in [2.75, 3.05) is 11.1 Å². The van der Waals surface area contributed by atoms with Crippen LogP contribution in [0.2, 0.25) is 0 Å². The molecule has 0 spiro atoms. The van der Waals surface area contributed by atoms with Gasteiger partial charge in [0.1, 0.15) is 11.9 Å². The van der Waals surface area contributed by atoms with E-state index in [0.717, 1.165) is 12.1 Å². The van der Waals surface area contributed by atoms with Gasteiger partial charge in [-0.2, -0.15) is 17.0 Å². The fraction of sp³-hybridized carbons (Fsp3) is 0.462. The molecule has 17 heavy (non-hydrogen) atoms. The zero-order chi connectivity index (χ0) is 12.3. The molecule has 1 heterocycles. The molecular weight excluding hydrogens is 235 g/mol. The second-order valence-corrected chi connectivity index (χ2v) is 5.76. The summed E-state index contributed by atoms with van der Waals surface area (Å²) >= 11 is 1.94. The molecule has 1 aromatic carbocycles. The third-order valence-electron chi connectivity index (χ3n) is 3.05. The first-order valence-electron chi connectivity index (χ1n) is 5.78. The Hall–Kier alpha value is -1.21. The highest BCUT2D eigenvalue weighted by atomic mass is 32.2. The average Bonchev–Trinajstić information content (AvgIpc) is 2.34. The molecule has 2 atom stereocenters. The number of hydrogen-bond donors (Lipinski definition) is 1. The van der Waals surface area contributed by atoms with Crippen molar-refractivity contribution in [1.29, 1.82) is 5.26 Å². The molecule has 0 bridgehead atoms. The van der Waals surface area contributed by atoms with Gasteiger partial charge >= 0.3 is 0 Å². The summed E-state index contributed by atoms with van der Waals surface area (Å²) in [5, 5.41) is 12.9. The predicted molar refractivity (Wildman–Crippen MR) is 69.7 cm³/mol. The number of nitrogens with zero attached hydrogens (tertiary/aromatic N) is 1. The third kappa shape index (κ3) is 2.92. The molecule has 2 nitrogen and oxygen atoms in total. The van der Waals surface area contributed by atoms with Crippen LogP contribution < -0.4 is 5.32 Å². The largest absolute Gasteiger partial charge is 0.380 e. The summed E-state index contributed by atoms with van der Waals surface area (Å²) in [6.07, 6.45) is 2.30. The molecule has 90 valence electrons. The minimum Gasteiger partial charge on any atom is -0.380 e. The van der Waals surface area contributed by atoms with Crippen molar-refractivity contribution >= 4 is 17.4 Å². The van der Waals surface area contributed by atoms with Crippen molar-refractivity contribution in [1.82, 2.24) is 0 Å². The number of halogens is 1. The van der Waals surface area contributed by atoms with E-state index in [-0.39, 0.29) is 5.82 Å². The van der Waals surface area contributed by atoms with Gasteiger partial charge in [0.2, 0.25) is 0 Å². The van der Waals surface area contributed by atoms with Gasteiger partial charge in [-0.15, -0.1) is 0 Å². The molecule has 1 aliphatic heterocycles. The van der Waals surface area contributed by atoms with Crippen molar-refractivity contribution < 1.29 is 4.39 Å². The Labute approximate surface area is 105 Å². The second-order valence-electron chi connectivity index (χ2n) is 4.27. The SMILES string of the molecule is CC1SCCCC1Nc1ccc(F)cc1C#N. The van der Waals surface area contributed by atoms with Gasteiger partial charge in [0.05, 0.1) is 11.3 Å². The van der Waals surface area contributed by atoms with E-state index >= 15 is 0 Å². The molecule has 0 saturated carbocycles. The minimum atomic E-state index is -0.363.